The van der Waals surface area contributed by atoms with Gasteiger partial charge in [-0.05, 0) is 25.0 Å². The Bertz CT molecular complexity index is 373. The number of hydrogen-bond acceptors (Lipinski definition) is 2. The maximum absolute atomic E-state index is 11.6. The van der Waals surface area contributed by atoms with Crippen molar-refractivity contribution in [2.24, 2.45) is 5.73 Å². The van der Waals surface area contributed by atoms with E-state index in [9.17, 15) is 4.79 Å². The van der Waals surface area contributed by atoms with Crippen molar-refractivity contribution in [2.75, 3.05) is 0 Å². The van der Waals surface area contributed by atoms with Crippen LogP contribution in [0.15, 0.2) is 28.7 Å². The molecule has 0 saturated carbocycles. The van der Waals surface area contributed by atoms with Crippen LogP contribution in [0.4, 0.5) is 0 Å². The van der Waals surface area contributed by atoms with Gasteiger partial charge in [0.25, 0.3) is 0 Å². The molecule has 0 radical (unpaired) electrons. The van der Waals surface area contributed by atoms with Crippen molar-refractivity contribution < 1.29 is 4.79 Å². The van der Waals surface area contributed by atoms with Gasteiger partial charge >= 0.3 is 0 Å². The van der Waals surface area contributed by atoms with Crippen molar-refractivity contribution in [2.45, 2.75) is 32.4 Å². The van der Waals surface area contributed by atoms with Gasteiger partial charge in [0, 0.05) is 4.47 Å². The van der Waals surface area contributed by atoms with Crippen LogP contribution in [0, 0.1) is 0 Å². The van der Waals surface area contributed by atoms with Crippen LogP contribution in [0.1, 0.15) is 31.9 Å². The van der Waals surface area contributed by atoms with Gasteiger partial charge in [0.15, 0.2) is 0 Å². The Balaban J connectivity index is 0.00000256. The SMILES string of the molecule is CC[C@H](N)C(=O)NC(C)c1ccccc1Br.Cl. The Morgan fingerprint density at radius 1 is 1.47 bits per heavy atom. The van der Waals surface area contributed by atoms with E-state index in [1.807, 2.05) is 38.1 Å². The molecular weight excluding hydrogens is 304 g/mol. The molecule has 0 spiro atoms. The van der Waals surface area contributed by atoms with E-state index >= 15 is 0 Å². The summed E-state index contributed by atoms with van der Waals surface area (Å²) in [5.41, 5.74) is 6.71. The predicted molar refractivity (Wildman–Crippen MR) is 76.2 cm³/mol. The maximum Gasteiger partial charge on any atom is 0.237 e. The fourth-order valence-corrected chi connectivity index (χ4v) is 2.04. The second-order valence-electron chi connectivity index (χ2n) is 3.77. The van der Waals surface area contributed by atoms with Crippen molar-refractivity contribution in [3.05, 3.63) is 34.3 Å². The zero-order valence-electron chi connectivity index (χ0n) is 9.94. The van der Waals surface area contributed by atoms with Gasteiger partial charge in [-0.1, -0.05) is 41.1 Å². The lowest BCUT2D eigenvalue weighted by Crippen LogP contribution is -2.41. The smallest absolute Gasteiger partial charge is 0.237 e. The summed E-state index contributed by atoms with van der Waals surface area (Å²) in [6, 6.07) is 7.36. The lowest BCUT2D eigenvalue weighted by Gasteiger charge is -2.18. The molecule has 1 amide bonds. The van der Waals surface area contributed by atoms with Crippen LogP contribution in [0.25, 0.3) is 0 Å². The van der Waals surface area contributed by atoms with E-state index in [0.29, 0.717) is 6.42 Å². The van der Waals surface area contributed by atoms with Crippen LogP contribution in [-0.4, -0.2) is 11.9 Å². The minimum atomic E-state index is -0.426. The first-order valence-corrected chi connectivity index (χ1v) is 6.16. The van der Waals surface area contributed by atoms with Crippen LogP contribution in [0.5, 0.6) is 0 Å². The van der Waals surface area contributed by atoms with E-state index in [1.54, 1.807) is 0 Å². The van der Waals surface area contributed by atoms with E-state index in [2.05, 4.69) is 21.2 Å². The number of benzene rings is 1. The van der Waals surface area contributed by atoms with E-state index in [1.165, 1.54) is 0 Å². The van der Waals surface area contributed by atoms with Crippen LogP contribution >= 0.6 is 28.3 Å². The van der Waals surface area contributed by atoms with Crippen LogP contribution < -0.4 is 11.1 Å². The molecule has 1 aromatic carbocycles. The highest BCUT2D eigenvalue weighted by atomic mass is 79.9. The summed E-state index contributed by atoms with van der Waals surface area (Å²) in [5.74, 6) is -0.106. The molecule has 0 aliphatic heterocycles. The van der Waals surface area contributed by atoms with Crippen LogP contribution in [0.3, 0.4) is 0 Å². The summed E-state index contributed by atoms with van der Waals surface area (Å²) in [6.07, 6.45) is 0.647. The van der Waals surface area contributed by atoms with Crippen molar-refractivity contribution >= 4 is 34.2 Å². The molecule has 3 nitrogen and oxygen atoms in total. The van der Waals surface area contributed by atoms with Gasteiger partial charge in [0.2, 0.25) is 5.91 Å². The summed E-state index contributed by atoms with van der Waals surface area (Å²) >= 11 is 3.46. The number of rotatable bonds is 4. The summed E-state index contributed by atoms with van der Waals surface area (Å²) in [7, 11) is 0. The normalized spacial score (nSPS) is 13.4. The first-order chi connectivity index (χ1) is 7.56. The third-order valence-electron chi connectivity index (χ3n) is 2.51. The van der Waals surface area contributed by atoms with Gasteiger partial charge in [-0.3, -0.25) is 4.79 Å². The molecule has 0 heterocycles. The zero-order chi connectivity index (χ0) is 12.1. The molecule has 5 heteroatoms. The zero-order valence-corrected chi connectivity index (χ0v) is 12.3. The van der Waals surface area contributed by atoms with Crippen molar-refractivity contribution in [3.63, 3.8) is 0 Å². The van der Waals surface area contributed by atoms with Gasteiger partial charge in [-0.25, -0.2) is 0 Å². The summed E-state index contributed by atoms with van der Waals surface area (Å²) in [4.78, 5) is 11.6. The fourth-order valence-electron chi connectivity index (χ4n) is 1.41. The predicted octanol–water partition coefficient (Wildman–Crippen LogP) is 2.79. The van der Waals surface area contributed by atoms with Gasteiger partial charge in [0.05, 0.1) is 12.1 Å². The fraction of sp³-hybridized carbons (Fsp3) is 0.417. The highest BCUT2D eigenvalue weighted by Gasteiger charge is 2.15. The third-order valence-corrected chi connectivity index (χ3v) is 3.23. The van der Waals surface area contributed by atoms with Gasteiger partial charge in [-0.2, -0.15) is 0 Å². The van der Waals surface area contributed by atoms with Gasteiger partial charge < -0.3 is 11.1 Å². The largest absolute Gasteiger partial charge is 0.348 e. The molecule has 0 saturated heterocycles. The first-order valence-electron chi connectivity index (χ1n) is 5.36. The minimum absolute atomic E-state index is 0. The molecule has 2 atom stereocenters. The molecule has 0 fully saturated rings. The number of hydrogen-bond donors (Lipinski definition) is 2. The number of nitrogens with one attached hydrogen (secondary N) is 1. The second-order valence-corrected chi connectivity index (χ2v) is 4.62. The number of carbonyl (C=O) groups is 1. The molecular formula is C12H18BrClN2O. The Kier molecular flexibility index (Phi) is 7.43. The van der Waals surface area contributed by atoms with Gasteiger partial charge in [-0.15, -0.1) is 12.4 Å². The number of nitrogens with two attached hydrogens (primary N) is 1. The van der Waals surface area contributed by atoms with E-state index in [-0.39, 0.29) is 24.4 Å². The second kappa shape index (κ2) is 7.69. The lowest BCUT2D eigenvalue weighted by atomic mass is 10.1. The van der Waals surface area contributed by atoms with Gasteiger partial charge in [0.1, 0.15) is 0 Å². The topological polar surface area (TPSA) is 55.1 Å². The third kappa shape index (κ3) is 4.66. The standard InChI is InChI=1S/C12H17BrN2O.ClH/c1-3-11(14)12(16)15-8(2)9-6-4-5-7-10(9)13;/h4-8,11H,3,14H2,1-2H3,(H,15,16);1H/t8?,11-;/m0./s1. The molecule has 3 N–H and O–H groups in total. The molecule has 1 unspecified atom stereocenters. The van der Waals surface area contributed by atoms with Crippen LogP contribution in [0.2, 0.25) is 0 Å². The van der Waals surface area contributed by atoms with E-state index in [4.69, 9.17) is 5.73 Å². The van der Waals surface area contributed by atoms with Crippen molar-refractivity contribution in [1.82, 2.24) is 5.32 Å². The average molecular weight is 322 g/mol. The number of halogens is 2. The summed E-state index contributed by atoms with van der Waals surface area (Å²) in [6.45, 7) is 3.84. The first kappa shape index (κ1) is 16.4. The minimum Gasteiger partial charge on any atom is -0.348 e. The Labute approximate surface area is 117 Å². The van der Waals surface area contributed by atoms with E-state index in [0.717, 1.165) is 10.0 Å². The average Bonchev–Trinajstić information content (AvgIpc) is 2.28. The Hall–Kier alpha value is -0.580. The Morgan fingerprint density at radius 2 is 2.06 bits per heavy atom. The molecule has 0 bridgehead atoms. The number of carbonyl (C=O) groups excluding carboxylic acids is 1. The highest BCUT2D eigenvalue weighted by molar-refractivity contribution is 9.10. The molecule has 1 rings (SSSR count). The molecule has 1 aromatic rings. The monoisotopic (exact) mass is 320 g/mol. The van der Waals surface area contributed by atoms with Crippen molar-refractivity contribution in [3.8, 4) is 0 Å². The maximum atomic E-state index is 11.6. The molecule has 0 aliphatic carbocycles. The van der Waals surface area contributed by atoms with Crippen molar-refractivity contribution in [1.29, 1.82) is 0 Å². The summed E-state index contributed by atoms with van der Waals surface area (Å²) in [5, 5.41) is 2.89. The highest BCUT2D eigenvalue weighted by Crippen LogP contribution is 2.22. The quantitative estimate of drug-likeness (QED) is 0.896. The molecule has 96 valence electrons. The summed E-state index contributed by atoms with van der Waals surface area (Å²) < 4.78 is 0.993. The molecule has 0 aromatic heterocycles. The van der Waals surface area contributed by atoms with Crippen LogP contribution in [-0.2, 0) is 4.79 Å². The molecule has 17 heavy (non-hydrogen) atoms. The molecule has 0 aliphatic rings. The number of amides is 1. The Morgan fingerprint density at radius 3 is 2.59 bits per heavy atom. The van der Waals surface area contributed by atoms with E-state index < -0.39 is 6.04 Å². The lowest BCUT2D eigenvalue weighted by molar-refractivity contribution is -0.123.